The first kappa shape index (κ1) is 47.2. The molecule has 0 bridgehead atoms. The van der Waals surface area contributed by atoms with Crippen molar-refractivity contribution in [3.63, 3.8) is 0 Å². The Hall–Kier alpha value is -2.04. The van der Waals surface area contributed by atoms with Crippen molar-refractivity contribution in [3.05, 3.63) is 0 Å². The summed E-state index contributed by atoms with van der Waals surface area (Å²) in [5, 5.41) is 92.9. The topological polar surface area (TPSA) is 368 Å². The molecule has 0 radical (unpaired) electrons. The van der Waals surface area contributed by atoms with E-state index in [1.807, 2.05) is 0 Å². The molecule has 0 saturated carbocycles. The number of carbonyl (C=O) groups is 7. The number of hydrogen-bond donors (Lipinski definition) is 12. The molecule has 0 aliphatic rings. The van der Waals surface area contributed by atoms with Crippen LogP contribution in [0, 0.1) is 0 Å². The molecule has 22 heteroatoms. The molecule has 0 aromatic rings. The van der Waals surface area contributed by atoms with Gasteiger partial charge in [-0.05, 0) is 0 Å². The Bertz CT molecular complexity index is 722. The molecule has 0 fully saturated rings. The second kappa shape index (κ2) is 21.1. The van der Waals surface area contributed by atoms with Crippen molar-refractivity contribution in [1.82, 2.24) is 0 Å². The molecule has 4 unspecified atom stereocenters. The SMILES string of the molecule is NCC(=O)O.O=C(O)CC(O)(C(=O)O)C(O)C(=O)O.O=C(O)CC(O)(C(=O)O)C(O)C(=O)O.[Zn+2].[Zn+2].[Zn+2]. The third-order valence-electron chi connectivity index (χ3n) is 3.13. The Kier molecular flexibility index (Phi) is 27.6. The molecule has 4 atom stereocenters. The van der Waals surface area contributed by atoms with Crippen molar-refractivity contribution in [2.75, 3.05) is 6.54 Å². The minimum atomic E-state index is -3.22. The van der Waals surface area contributed by atoms with E-state index in [0.29, 0.717) is 0 Å². The zero-order chi connectivity index (χ0) is 27.3. The number of nitrogens with two attached hydrogens (primary N) is 1. The Morgan fingerprint density at radius 3 is 0.833 bits per heavy atom. The minimum absolute atomic E-state index is 0. The zero-order valence-corrected chi connectivity index (χ0v) is 27.2. The smallest absolute Gasteiger partial charge is 0.481 e. The van der Waals surface area contributed by atoms with Crippen LogP contribution < -0.4 is 5.73 Å². The maximum atomic E-state index is 10.4. The molecule has 0 saturated heterocycles. The summed E-state index contributed by atoms with van der Waals surface area (Å²) < 4.78 is 0. The first-order valence-electron chi connectivity index (χ1n) is 7.79. The van der Waals surface area contributed by atoms with Crippen LogP contribution in [0.4, 0.5) is 0 Å². The van der Waals surface area contributed by atoms with Gasteiger partial charge in [-0.15, -0.1) is 0 Å². The summed E-state index contributed by atoms with van der Waals surface area (Å²) in [6.45, 7) is -0.278. The standard InChI is InChI=1S/2C6H8O8.C2H5NO2.3Zn/c2*7-2(8)1-6(14,5(12)13)3(9)4(10)11;3-1-2(4)5;;;/h2*3,9,14H,1H2,(H,7,8)(H,10,11)(H,12,13);1,3H2,(H,4,5);;;/q;;;3*+2. The monoisotopic (exact) mass is 683 g/mol. The minimum Gasteiger partial charge on any atom is -0.481 e. The van der Waals surface area contributed by atoms with Crippen molar-refractivity contribution >= 4 is 41.8 Å². The van der Waals surface area contributed by atoms with Crippen molar-refractivity contribution in [1.29, 1.82) is 0 Å². The molecular formula is C14H21NO18Zn3+6. The van der Waals surface area contributed by atoms with Crippen LogP contribution in [0.1, 0.15) is 12.8 Å². The van der Waals surface area contributed by atoms with Gasteiger partial charge in [-0.2, -0.15) is 0 Å². The maximum absolute atomic E-state index is 10.4. The third-order valence-corrected chi connectivity index (χ3v) is 3.13. The number of carboxylic acid groups (broad SMARTS) is 7. The van der Waals surface area contributed by atoms with Crippen LogP contribution in [0.5, 0.6) is 0 Å². The molecule has 19 nitrogen and oxygen atoms in total. The predicted molar refractivity (Wildman–Crippen MR) is 93.7 cm³/mol. The van der Waals surface area contributed by atoms with E-state index in [-0.39, 0.29) is 65.0 Å². The van der Waals surface area contributed by atoms with Gasteiger partial charge in [-0.25, -0.2) is 19.2 Å². The number of rotatable bonds is 11. The summed E-state index contributed by atoms with van der Waals surface area (Å²) in [4.78, 5) is 70.5. The van der Waals surface area contributed by atoms with Crippen LogP contribution in [-0.4, -0.2) is 128 Å². The molecule has 0 aliphatic carbocycles. The molecule has 13 N–H and O–H groups in total. The number of aliphatic hydroxyl groups is 4. The van der Waals surface area contributed by atoms with Crippen molar-refractivity contribution in [2.24, 2.45) is 5.73 Å². The molecule has 0 heterocycles. The molecule has 0 aliphatic heterocycles. The van der Waals surface area contributed by atoms with E-state index >= 15 is 0 Å². The third kappa shape index (κ3) is 17.4. The van der Waals surface area contributed by atoms with Gasteiger partial charge in [-0.3, -0.25) is 14.4 Å². The van der Waals surface area contributed by atoms with E-state index in [2.05, 4.69) is 5.73 Å². The van der Waals surface area contributed by atoms with Crippen LogP contribution in [0.25, 0.3) is 0 Å². The van der Waals surface area contributed by atoms with Gasteiger partial charge in [0.15, 0.2) is 12.2 Å². The quantitative estimate of drug-likeness (QED) is 0.0901. The van der Waals surface area contributed by atoms with Crippen LogP contribution in [-0.2, 0) is 92.0 Å². The maximum Gasteiger partial charge on any atom is 2.00 e. The van der Waals surface area contributed by atoms with Crippen LogP contribution in [0.15, 0.2) is 0 Å². The normalized spacial score (nSPS) is 14.0. The second-order valence-electron chi connectivity index (χ2n) is 5.68. The fourth-order valence-corrected chi connectivity index (χ4v) is 1.45. The molecule has 0 spiro atoms. The van der Waals surface area contributed by atoms with Gasteiger partial charge in [-0.1, -0.05) is 0 Å². The van der Waals surface area contributed by atoms with E-state index in [9.17, 15) is 33.6 Å². The van der Waals surface area contributed by atoms with Crippen LogP contribution >= 0.6 is 0 Å². The van der Waals surface area contributed by atoms with Crippen molar-refractivity contribution in [2.45, 2.75) is 36.3 Å². The average molecular weight is 687 g/mol. The van der Waals surface area contributed by atoms with Gasteiger partial charge in [0.05, 0.1) is 19.4 Å². The van der Waals surface area contributed by atoms with E-state index in [1.165, 1.54) is 0 Å². The number of hydrogen-bond acceptors (Lipinski definition) is 12. The van der Waals surface area contributed by atoms with E-state index < -0.39 is 78.0 Å². The summed E-state index contributed by atoms with van der Waals surface area (Å²) in [5.41, 5.74) is -1.88. The average Bonchev–Trinajstić information content (AvgIpc) is 2.65. The Labute approximate surface area is 237 Å². The van der Waals surface area contributed by atoms with Gasteiger partial charge < -0.3 is 61.9 Å². The Morgan fingerprint density at radius 1 is 0.556 bits per heavy atom. The molecule has 0 aromatic heterocycles. The van der Waals surface area contributed by atoms with Gasteiger partial charge >= 0.3 is 100 Å². The number of carboxylic acids is 7. The Morgan fingerprint density at radius 2 is 0.750 bits per heavy atom. The summed E-state index contributed by atoms with van der Waals surface area (Å²) in [6, 6.07) is 0. The summed E-state index contributed by atoms with van der Waals surface area (Å²) in [7, 11) is 0. The second-order valence-corrected chi connectivity index (χ2v) is 5.68. The summed E-state index contributed by atoms with van der Waals surface area (Å²) in [6.07, 6.45) is -8.21. The molecule has 0 amide bonds. The van der Waals surface area contributed by atoms with E-state index in [1.54, 1.807) is 0 Å². The first-order chi connectivity index (χ1) is 14.7. The number of aliphatic carboxylic acids is 7. The fraction of sp³-hybridized carbons (Fsp3) is 0.500. The van der Waals surface area contributed by atoms with E-state index in [4.69, 9.17) is 56.2 Å². The molecule has 190 valence electrons. The van der Waals surface area contributed by atoms with Gasteiger partial charge in [0.2, 0.25) is 11.2 Å². The summed E-state index contributed by atoms with van der Waals surface area (Å²) in [5.74, 6) is -12.7. The van der Waals surface area contributed by atoms with Gasteiger partial charge in [0.25, 0.3) is 0 Å². The largest absolute Gasteiger partial charge is 2.00 e. The molecule has 0 aromatic carbocycles. The fourth-order valence-electron chi connectivity index (χ4n) is 1.45. The predicted octanol–water partition coefficient (Wildman–Crippen LogP) is -5.53. The molecule has 36 heavy (non-hydrogen) atoms. The van der Waals surface area contributed by atoms with Crippen LogP contribution in [0.2, 0.25) is 0 Å². The zero-order valence-electron chi connectivity index (χ0n) is 18.3. The van der Waals surface area contributed by atoms with Crippen molar-refractivity contribution in [3.8, 4) is 0 Å². The number of aliphatic hydroxyl groups excluding tert-OH is 2. The Balaban J connectivity index is -0.0000000983. The molecule has 0 rings (SSSR count). The first-order valence-corrected chi connectivity index (χ1v) is 7.79. The van der Waals surface area contributed by atoms with Gasteiger partial charge in [0, 0.05) is 0 Å². The van der Waals surface area contributed by atoms with Crippen LogP contribution in [0.3, 0.4) is 0 Å². The molecular weight excluding hydrogens is 666 g/mol. The summed E-state index contributed by atoms with van der Waals surface area (Å²) >= 11 is 0. The van der Waals surface area contributed by atoms with E-state index in [0.717, 1.165) is 0 Å². The van der Waals surface area contributed by atoms with Gasteiger partial charge in [0.1, 0.15) is 0 Å². The van der Waals surface area contributed by atoms with Crippen molar-refractivity contribution < 1.29 is 148 Å².